The number of aromatic amines is 1. The first kappa shape index (κ1) is 14.0. The summed E-state index contributed by atoms with van der Waals surface area (Å²) in [5.74, 6) is 0.757. The van der Waals surface area contributed by atoms with Crippen LogP contribution in [0.25, 0.3) is 10.2 Å². The van der Waals surface area contributed by atoms with E-state index in [0.717, 1.165) is 34.4 Å². The minimum atomic E-state index is 0.0121. The lowest BCUT2D eigenvalue weighted by Crippen LogP contribution is -2.10. The summed E-state index contributed by atoms with van der Waals surface area (Å²) < 4.78 is 1.78. The van der Waals surface area contributed by atoms with Crippen molar-refractivity contribution in [2.24, 2.45) is 7.05 Å². The van der Waals surface area contributed by atoms with Crippen molar-refractivity contribution < 1.29 is 0 Å². The quantitative estimate of drug-likeness (QED) is 0.592. The molecule has 0 spiro atoms. The normalized spacial score (nSPS) is 14.4. The van der Waals surface area contributed by atoms with Crippen molar-refractivity contribution >= 4 is 33.3 Å². The molecule has 3 aromatic heterocycles. The summed E-state index contributed by atoms with van der Waals surface area (Å²) in [7, 11) is 1.90. The van der Waals surface area contributed by atoms with Gasteiger partial charge in [0.05, 0.1) is 11.6 Å². The Morgan fingerprint density at radius 2 is 2.27 bits per heavy atom. The molecule has 0 radical (unpaired) electrons. The third-order valence-electron chi connectivity index (χ3n) is 3.94. The van der Waals surface area contributed by atoms with Gasteiger partial charge in [0.1, 0.15) is 4.83 Å². The van der Waals surface area contributed by atoms with E-state index in [2.05, 4.69) is 15.1 Å². The van der Waals surface area contributed by atoms with Crippen LogP contribution in [0.5, 0.6) is 0 Å². The zero-order valence-corrected chi connectivity index (χ0v) is 13.9. The van der Waals surface area contributed by atoms with Gasteiger partial charge < -0.3 is 4.98 Å². The molecule has 7 heteroatoms. The van der Waals surface area contributed by atoms with Crippen LogP contribution >= 0.6 is 23.1 Å². The molecule has 0 bridgehead atoms. The average molecular weight is 332 g/mol. The van der Waals surface area contributed by atoms with E-state index in [1.165, 1.54) is 23.3 Å². The molecule has 1 aliphatic rings. The third kappa shape index (κ3) is 2.48. The number of thioether (sulfide) groups is 1. The summed E-state index contributed by atoms with van der Waals surface area (Å²) in [5.41, 5.74) is 2.38. The van der Waals surface area contributed by atoms with E-state index in [-0.39, 0.29) is 5.56 Å². The van der Waals surface area contributed by atoms with Gasteiger partial charge in [-0.1, -0.05) is 11.8 Å². The minimum absolute atomic E-state index is 0.0121. The van der Waals surface area contributed by atoms with Gasteiger partial charge in [-0.2, -0.15) is 5.10 Å². The van der Waals surface area contributed by atoms with Crippen LogP contribution in [0.2, 0.25) is 0 Å². The molecule has 4 rings (SSSR count). The van der Waals surface area contributed by atoms with Crippen molar-refractivity contribution in [1.82, 2.24) is 19.7 Å². The van der Waals surface area contributed by atoms with E-state index in [1.54, 1.807) is 27.8 Å². The highest BCUT2D eigenvalue weighted by Crippen LogP contribution is 2.34. The van der Waals surface area contributed by atoms with Crippen LogP contribution in [0.1, 0.15) is 28.8 Å². The topological polar surface area (TPSA) is 63.6 Å². The molecule has 0 aliphatic heterocycles. The lowest BCUT2D eigenvalue weighted by atomic mass is 9.97. The van der Waals surface area contributed by atoms with Crippen LogP contribution in [0, 0.1) is 0 Å². The number of aryl methyl sites for hydroxylation is 3. The number of fused-ring (bicyclic) bond motifs is 3. The Bertz CT molecular complexity index is 893. The molecule has 1 N–H and O–H groups in total. The van der Waals surface area contributed by atoms with Crippen LogP contribution in [0.3, 0.4) is 0 Å². The minimum Gasteiger partial charge on any atom is -0.301 e. The standard InChI is InChI=1S/C15H16N4OS2/c1-19-7-9(6-16-19)8-21-15-17-13(20)12-10-4-2-3-5-11(10)22-14(12)18-15/h6-7H,2-5,8H2,1H3,(H,17,18,20). The Kier molecular flexibility index (Phi) is 3.54. The molecule has 3 aromatic rings. The van der Waals surface area contributed by atoms with Gasteiger partial charge in [0, 0.05) is 29.4 Å². The first-order valence-corrected chi connectivity index (χ1v) is 9.16. The van der Waals surface area contributed by atoms with Gasteiger partial charge in [-0.3, -0.25) is 9.48 Å². The van der Waals surface area contributed by atoms with Gasteiger partial charge in [-0.05, 0) is 31.2 Å². The molecule has 0 aromatic carbocycles. The van der Waals surface area contributed by atoms with E-state index in [0.29, 0.717) is 5.16 Å². The lowest BCUT2D eigenvalue weighted by molar-refractivity contribution is 0.700. The molecule has 0 amide bonds. The fourth-order valence-electron chi connectivity index (χ4n) is 2.91. The van der Waals surface area contributed by atoms with Crippen molar-refractivity contribution in [3.8, 4) is 0 Å². The molecule has 3 heterocycles. The Morgan fingerprint density at radius 3 is 3.09 bits per heavy atom. The highest BCUT2D eigenvalue weighted by atomic mass is 32.2. The van der Waals surface area contributed by atoms with Gasteiger partial charge in [0.2, 0.25) is 0 Å². The van der Waals surface area contributed by atoms with Crippen LogP contribution in [0.4, 0.5) is 0 Å². The Balaban J connectivity index is 1.66. The first-order chi connectivity index (χ1) is 10.7. The maximum atomic E-state index is 12.4. The predicted octanol–water partition coefficient (Wildman–Crippen LogP) is 2.89. The number of aromatic nitrogens is 4. The van der Waals surface area contributed by atoms with Crippen molar-refractivity contribution in [3.63, 3.8) is 0 Å². The summed E-state index contributed by atoms with van der Waals surface area (Å²) >= 11 is 3.24. The van der Waals surface area contributed by atoms with E-state index >= 15 is 0 Å². The molecule has 22 heavy (non-hydrogen) atoms. The monoisotopic (exact) mass is 332 g/mol. The average Bonchev–Trinajstić information content (AvgIpc) is 3.08. The number of hydrogen-bond acceptors (Lipinski definition) is 5. The zero-order chi connectivity index (χ0) is 15.1. The molecule has 0 fully saturated rings. The van der Waals surface area contributed by atoms with E-state index < -0.39 is 0 Å². The Morgan fingerprint density at radius 1 is 1.41 bits per heavy atom. The largest absolute Gasteiger partial charge is 0.301 e. The van der Waals surface area contributed by atoms with Crippen LogP contribution in [-0.2, 0) is 25.6 Å². The maximum Gasteiger partial charge on any atom is 0.260 e. The Labute approximate surface area is 135 Å². The third-order valence-corrected chi connectivity index (χ3v) is 6.07. The second kappa shape index (κ2) is 5.55. The maximum absolute atomic E-state index is 12.4. The fraction of sp³-hybridized carbons (Fsp3) is 0.400. The SMILES string of the molecule is Cn1cc(CSc2nc3sc4c(c3c(=O)[nH]2)CCCC4)cn1. The van der Waals surface area contributed by atoms with Crippen molar-refractivity contribution in [1.29, 1.82) is 0 Å². The molecule has 0 atom stereocenters. The van der Waals surface area contributed by atoms with Gasteiger partial charge in [-0.15, -0.1) is 11.3 Å². The highest BCUT2D eigenvalue weighted by Gasteiger charge is 2.19. The van der Waals surface area contributed by atoms with Crippen LogP contribution in [-0.4, -0.2) is 19.7 Å². The second-order valence-corrected chi connectivity index (χ2v) is 7.62. The van der Waals surface area contributed by atoms with Crippen molar-refractivity contribution in [3.05, 3.63) is 38.8 Å². The van der Waals surface area contributed by atoms with E-state index in [9.17, 15) is 4.79 Å². The summed E-state index contributed by atoms with van der Waals surface area (Å²) in [6, 6.07) is 0. The second-order valence-electron chi connectivity index (χ2n) is 5.57. The number of thiophene rings is 1. The van der Waals surface area contributed by atoms with Gasteiger partial charge >= 0.3 is 0 Å². The number of rotatable bonds is 3. The molecule has 0 saturated carbocycles. The van der Waals surface area contributed by atoms with Crippen molar-refractivity contribution in [2.75, 3.05) is 0 Å². The fourth-order valence-corrected chi connectivity index (χ4v) is 5.00. The summed E-state index contributed by atoms with van der Waals surface area (Å²) in [4.78, 5) is 22.3. The Hall–Kier alpha value is -1.60. The van der Waals surface area contributed by atoms with Gasteiger partial charge in [0.15, 0.2) is 5.16 Å². The summed E-state index contributed by atoms with van der Waals surface area (Å²) in [6.45, 7) is 0. The molecule has 114 valence electrons. The highest BCUT2D eigenvalue weighted by molar-refractivity contribution is 7.98. The van der Waals surface area contributed by atoms with Gasteiger partial charge in [0.25, 0.3) is 5.56 Å². The van der Waals surface area contributed by atoms with E-state index in [1.807, 2.05) is 19.4 Å². The van der Waals surface area contributed by atoms with Crippen LogP contribution < -0.4 is 5.56 Å². The lowest BCUT2D eigenvalue weighted by Gasteiger charge is -2.09. The zero-order valence-electron chi connectivity index (χ0n) is 12.3. The molecule has 0 unspecified atom stereocenters. The van der Waals surface area contributed by atoms with Crippen LogP contribution in [0.15, 0.2) is 22.3 Å². The molecular formula is C15H16N4OS2. The molecular weight excluding hydrogens is 316 g/mol. The number of nitrogens with one attached hydrogen (secondary N) is 1. The summed E-state index contributed by atoms with van der Waals surface area (Å²) in [6.07, 6.45) is 8.33. The van der Waals surface area contributed by atoms with Gasteiger partial charge in [-0.25, -0.2) is 4.98 Å². The molecule has 0 saturated heterocycles. The summed E-state index contributed by atoms with van der Waals surface area (Å²) in [5, 5.41) is 5.67. The number of hydrogen-bond donors (Lipinski definition) is 1. The number of nitrogens with zero attached hydrogens (tertiary/aromatic N) is 3. The number of H-pyrrole nitrogens is 1. The van der Waals surface area contributed by atoms with Crippen molar-refractivity contribution in [2.45, 2.75) is 36.6 Å². The predicted molar refractivity (Wildman–Crippen MR) is 89.7 cm³/mol. The van der Waals surface area contributed by atoms with E-state index in [4.69, 9.17) is 0 Å². The first-order valence-electron chi connectivity index (χ1n) is 7.35. The smallest absolute Gasteiger partial charge is 0.260 e. The molecule has 1 aliphatic carbocycles. The molecule has 5 nitrogen and oxygen atoms in total.